The molecule has 0 unspecified atom stereocenters. The molecule has 6 nitrogen and oxygen atoms in total. The van der Waals surface area contributed by atoms with Crippen LogP contribution in [-0.2, 0) is 9.31 Å². The first-order valence-electron chi connectivity index (χ1n) is 12.0. The number of halogens is 2. The minimum absolute atomic E-state index is 0.0810. The summed E-state index contributed by atoms with van der Waals surface area (Å²) in [6, 6.07) is 11.6. The first-order valence-corrected chi connectivity index (χ1v) is 12.0. The molecule has 9 heteroatoms. The third-order valence-electron chi connectivity index (χ3n) is 7.22. The maximum Gasteiger partial charge on any atom is 0.494 e. The van der Waals surface area contributed by atoms with Crippen molar-refractivity contribution in [2.75, 3.05) is 0 Å². The number of benzene rings is 3. The van der Waals surface area contributed by atoms with E-state index in [9.17, 15) is 13.6 Å². The van der Waals surface area contributed by atoms with E-state index in [2.05, 4.69) is 9.98 Å². The number of rotatable bonds is 2. The zero-order valence-corrected chi connectivity index (χ0v) is 21.8. The summed E-state index contributed by atoms with van der Waals surface area (Å²) in [7, 11) is -0.505. The molecule has 0 spiro atoms. The molecule has 37 heavy (non-hydrogen) atoms. The average Bonchev–Trinajstić information content (AvgIpc) is 3.07. The van der Waals surface area contributed by atoms with E-state index in [0.717, 1.165) is 32.9 Å². The number of aromatic amines is 1. The summed E-state index contributed by atoms with van der Waals surface area (Å²) in [5, 5.41) is 3.14. The predicted molar refractivity (Wildman–Crippen MR) is 146 cm³/mol. The lowest BCUT2D eigenvalue weighted by atomic mass is 9.77. The molecule has 0 aliphatic carbocycles. The van der Waals surface area contributed by atoms with Crippen molar-refractivity contribution in [2.45, 2.75) is 52.7 Å². The van der Waals surface area contributed by atoms with Gasteiger partial charge in [-0.3, -0.25) is 4.79 Å². The van der Waals surface area contributed by atoms with E-state index in [0.29, 0.717) is 5.39 Å². The Morgan fingerprint density at radius 1 is 0.919 bits per heavy atom. The van der Waals surface area contributed by atoms with Crippen LogP contribution in [0.5, 0.6) is 0 Å². The lowest BCUT2D eigenvalue weighted by Crippen LogP contribution is -2.41. The maximum atomic E-state index is 12.7. The summed E-state index contributed by atoms with van der Waals surface area (Å²) in [5.41, 5.74) is 7.19. The molecule has 1 fully saturated rings. The fourth-order valence-electron chi connectivity index (χ4n) is 4.31. The second kappa shape index (κ2) is 9.72. The third kappa shape index (κ3) is 4.76. The fourth-order valence-corrected chi connectivity index (χ4v) is 4.31. The molecule has 1 aliphatic rings. The number of nitrogens with two attached hydrogens (primary N) is 1. The number of hydrogen-bond acceptors (Lipinski definition) is 4. The second-order valence-corrected chi connectivity index (χ2v) is 10.1. The van der Waals surface area contributed by atoms with Crippen molar-refractivity contribution < 1.29 is 18.1 Å². The van der Waals surface area contributed by atoms with Gasteiger partial charge in [0.25, 0.3) is 5.56 Å². The number of H-pyrrole nitrogens is 1. The highest BCUT2D eigenvalue weighted by Crippen LogP contribution is 2.38. The van der Waals surface area contributed by atoms with Gasteiger partial charge in [0.05, 0.1) is 28.6 Å². The number of hydrogen-bond donors (Lipinski definition) is 2. The van der Waals surface area contributed by atoms with Gasteiger partial charge < -0.3 is 20.0 Å². The highest BCUT2D eigenvalue weighted by molar-refractivity contribution is 6.62. The molecule has 0 radical (unpaired) electrons. The molecule has 192 valence electrons. The summed E-state index contributed by atoms with van der Waals surface area (Å²) in [4.78, 5) is 19.8. The Hall–Kier alpha value is -3.56. The Morgan fingerprint density at radius 3 is 2.11 bits per heavy atom. The summed E-state index contributed by atoms with van der Waals surface area (Å²) in [6.45, 7) is 11.4. The zero-order valence-electron chi connectivity index (χ0n) is 21.8. The summed E-state index contributed by atoms with van der Waals surface area (Å²) < 4.78 is 37.0. The Labute approximate surface area is 214 Å². The number of pyridine rings is 1. The third-order valence-corrected chi connectivity index (χ3v) is 7.22. The van der Waals surface area contributed by atoms with E-state index < -0.39 is 30.0 Å². The minimum Gasteiger partial charge on any atom is -0.399 e. The Kier molecular flexibility index (Phi) is 6.96. The molecule has 4 aromatic rings. The van der Waals surface area contributed by atoms with Crippen LogP contribution in [0.4, 0.5) is 14.5 Å². The Bertz CT molecular complexity index is 1540. The number of fused-ring (bicyclic) bond motifs is 3. The van der Waals surface area contributed by atoms with Gasteiger partial charge in [0.15, 0.2) is 0 Å². The molecule has 0 amide bonds. The van der Waals surface area contributed by atoms with Crippen molar-refractivity contribution >= 4 is 46.2 Å². The monoisotopic (exact) mass is 505 g/mol. The van der Waals surface area contributed by atoms with Crippen LogP contribution in [0.1, 0.15) is 38.8 Å². The Balaban J connectivity index is 0.000000301. The van der Waals surface area contributed by atoms with Gasteiger partial charge in [-0.05, 0) is 81.5 Å². The molecule has 0 saturated carbocycles. The SMILES string of the molecule is Cc1c(F)cccc1F.Cc1c(N=CN)c2ccc(B3OC(C)(C)C(C)(C)O3)cc2c2c(=O)[nH]ccc12. The average molecular weight is 505 g/mol. The molecular formula is C28H30BF2N3O3. The van der Waals surface area contributed by atoms with Gasteiger partial charge in [-0.1, -0.05) is 24.3 Å². The van der Waals surface area contributed by atoms with Crippen LogP contribution < -0.4 is 16.8 Å². The highest BCUT2D eigenvalue weighted by atomic mass is 19.1. The molecule has 2 heterocycles. The van der Waals surface area contributed by atoms with Gasteiger partial charge >= 0.3 is 7.12 Å². The van der Waals surface area contributed by atoms with E-state index in [1.807, 2.05) is 58.9 Å². The molecule has 1 saturated heterocycles. The van der Waals surface area contributed by atoms with Crippen LogP contribution >= 0.6 is 0 Å². The highest BCUT2D eigenvalue weighted by Gasteiger charge is 2.51. The standard InChI is InChI=1S/C21H24BN3O3.C7H6F2/c1-12-14-8-9-24-19(26)17(14)16-10-13(6-7-15(16)18(12)25-11-23)22-27-20(2,3)21(4,5)28-22;1-5-6(8)3-2-4-7(5)9/h6-11H,1-5H3,(H2,23,25)(H,24,26);2-4H,1H3. The molecule has 1 aromatic heterocycles. The normalized spacial score (nSPS) is 16.4. The van der Waals surface area contributed by atoms with Crippen LogP contribution in [0, 0.1) is 25.5 Å². The van der Waals surface area contributed by atoms with Crippen molar-refractivity contribution in [1.29, 1.82) is 0 Å². The summed E-state index contributed by atoms with van der Waals surface area (Å²) in [6.07, 6.45) is 2.93. The molecule has 3 aromatic carbocycles. The summed E-state index contributed by atoms with van der Waals surface area (Å²) >= 11 is 0. The van der Waals surface area contributed by atoms with Crippen LogP contribution in [0.2, 0.25) is 0 Å². The topological polar surface area (TPSA) is 89.7 Å². The lowest BCUT2D eigenvalue weighted by Gasteiger charge is -2.32. The van der Waals surface area contributed by atoms with Crippen molar-refractivity contribution in [1.82, 2.24) is 4.98 Å². The van der Waals surface area contributed by atoms with Crippen LogP contribution in [0.15, 0.2) is 58.4 Å². The van der Waals surface area contributed by atoms with Crippen molar-refractivity contribution in [3.05, 3.63) is 81.8 Å². The van der Waals surface area contributed by atoms with Gasteiger partial charge in [0.2, 0.25) is 0 Å². The molecule has 1 aliphatic heterocycles. The zero-order chi connectivity index (χ0) is 27.1. The lowest BCUT2D eigenvalue weighted by molar-refractivity contribution is 0.00578. The van der Waals surface area contributed by atoms with Gasteiger partial charge in [-0.25, -0.2) is 13.8 Å². The first kappa shape index (κ1) is 26.5. The fraction of sp³-hybridized carbons (Fsp3) is 0.286. The van der Waals surface area contributed by atoms with Gasteiger partial charge in [-0.2, -0.15) is 0 Å². The molecule has 5 rings (SSSR count). The smallest absolute Gasteiger partial charge is 0.399 e. The van der Waals surface area contributed by atoms with Crippen LogP contribution in [-0.4, -0.2) is 29.6 Å². The van der Waals surface area contributed by atoms with E-state index in [1.165, 1.54) is 31.5 Å². The predicted octanol–water partition coefficient (Wildman–Crippen LogP) is 5.18. The molecule has 0 atom stereocenters. The number of aryl methyl sites for hydroxylation is 1. The molecule has 3 N–H and O–H groups in total. The maximum absolute atomic E-state index is 12.7. The van der Waals surface area contributed by atoms with Gasteiger partial charge in [-0.15, -0.1) is 0 Å². The second-order valence-electron chi connectivity index (χ2n) is 10.1. The van der Waals surface area contributed by atoms with E-state index >= 15 is 0 Å². The van der Waals surface area contributed by atoms with Gasteiger partial charge in [0.1, 0.15) is 11.6 Å². The number of aromatic nitrogens is 1. The minimum atomic E-state index is -0.505. The molecular weight excluding hydrogens is 475 g/mol. The van der Waals surface area contributed by atoms with Crippen molar-refractivity contribution in [3.8, 4) is 0 Å². The van der Waals surface area contributed by atoms with Crippen molar-refractivity contribution in [2.24, 2.45) is 10.7 Å². The van der Waals surface area contributed by atoms with Crippen LogP contribution in [0.3, 0.4) is 0 Å². The first-order chi connectivity index (χ1) is 17.4. The van der Waals surface area contributed by atoms with E-state index in [1.54, 1.807) is 6.20 Å². The van der Waals surface area contributed by atoms with Crippen molar-refractivity contribution in [3.63, 3.8) is 0 Å². The molecule has 0 bridgehead atoms. The van der Waals surface area contributed by atoms with Crippen LogP contribution in [0.25, 0.3) is 21.5 Å². The summed E-state index contributed by atoms with van der Waals surface area (Å²) in [5.74, 6) is -0.981. The van der Waals surface area contributed by atoms with E-state index in [4.69, 9.17) is 15.0 Å². The number of aliphatic imine (C=N–C) groups is 1. The van der Waals surface area contributed by atoms with Gasteiger partial charge in [0, 0.05) is 17.1 Å². The quantitative estimate of drug-likeness (QED) is 0.170. The number of nitrogens with zero attached hydrogens (tertiary/aromatic N) is 1. The number of nitrogens with one attached hydrogen (secondary N) is 1. The largest absolute Gasteiger partial charge is 0.494 e. The Morgan fingerprint density at radius 2 is 1.54 bits per heavy atom. The van der Waals surface area contributed by atoms with E-state index in [-0.39, 0.29) is 11.1 Å².